The van der Waals surface area contributed by atoms with Gasteiger partial charge in [0.1, 0.15) is 0 Å². The standard InChI is InChI=1S/C17H26N2O2/c1-17(2,13-8-4-3-5-9-13)12-18-16(21)19-14-10-6-7-11-15(14)20/h3-5,8-9,14-15,20H,6-7,10-12H2,1-2H3,(H2,18,19,21). The average Bonchev–Trinajstić information content (AvgIpc) is 2.49. The molecule has 3 N–H and O–H groups in total. The largest absolute Gasteiger partial charge is 0.391 e. The summed E-state index contributed by atoms with van der Waals surface area (Å²) in [5.74, 6) is 0. The minimum Gasteiger partial charge on any atom is -0.391 e. The van der Waals surface area contributed by atoms with Crippen molar-refractivity contribution in [2.45, 2.75) is 57.1 Å². The van der Waals surface area contributed by atoms with E-state index in [1.807, 2.05) is 18.2 Å². The van der Waals surface area contributed by atoms with Crippen molar-refractivity contribution in [3.63, 3.8) is 0 Å². The van der Waals surface area contributed by atoms with E-state index in [4.69, 9.17) is 0 Å². The van der Waals surface area contributed by atoms with Crippen LogP contribution >= 0.6 is 0 Å². The van der Waals surface area contributed by atoms with Crippen molar-refractivity contribution in [2.24, 2.45) is 0 Å². The molecule has 0 heterocycles. The number of amides is 2. The zero-order chi connectivity index (χ0) is 15.3. The van der Waals surface area contributed by atoms with Crippen molar-refractivity contribution < 1.29 is 9.90 Å². The molecule has 1 aliphatic carbocycles. The lowest BCUT2D eigenvalue weighted by Crippen LogP contribution is -2.50. The van der Waals surface area contributed by atoms with E-state index in [9.17, 15) is 9.90 Å². The first kappa shape index (κ1) is 15.8. The van der Waals surface area contributed by atoms with Gasteiger partial charge in [0, 0.05) is 12.0 Å². The summed E-state index contributed by atoms with van der Waals surface area (Å²) < 4.78 is 0. The van der Waals surface area contributed by atoms with Crippen LogP contribution in [0.5, 0.6) is 0 Å². The van der Waals surface area contributed by atoms with Gasteiger partial charge in [0.05, 0.1) is 12.1 Å². The number of carbonyl (C=O) groups excluding carboxylic acids is 1. The molecule has 1 saturated carbocycles. The average molecular weight is 290 g/mol. The normalized spacial score (nSPS) is 22.6. The molecule has 2 amide bonds. The maximum Gasteiger partial charge on any atom is 0.315 e. The Morgan fingerprint density at radius 2 is 1.90 bits per heavy atom. The van der Waals surface area contributed by atoms with Crippen LogP contribution in [0.1, 0.15) is 45.1 Å². The molecule has 4 nitrogen and oxygen atoms in total. The van der Waals surface area contributed by atoms with Crippen LogP contribution in [-0.2, 0) is 5.41 Å². The van der Waals surface area contributed by atoms with Gasteiger partial charge in [0.2, 0.25) is 0 Å². The third-order valence-corrected chi connectivity index (χ3v) is 4.29. The molecule has 0 radical (unpaired) electrons. The highest BCUT2D eigenvalue weighted by atomic mass is 16.3. The summed E-state index contributed by atoms with van der Waals surface area (Å²) in [5.41, 5.74) is 1.08. The first-order chi connectivity index (χ1) is 9.99. The Morgan fingerprint density at radius 3 is 2.57 bits per heavy atom. The highest BCUT2D eigenvalue weighted by Gasteiger charge is 2.26. The van der Waals surface area contributed by atoms with E-state index >= 15 is 0 Å². The van der Waals surface area contributed by atoms with Gasteiger partial charge in [-0.2, -0.15) is 0 Å². The molecule has 116 valence electrons. The summed E-state index contributed by atoms with van der Waals surface area (Å²) in [6, 6.07) is 9.85. The van der Waals surface area contributed by atoms with E-state index in [0.29, 0.717) is 6.54 Å². The SMILES string of the molecule is CC(C)(CNC(=O)NC1CCCCC1O)c1ccccc1. The highest BCUT2D eigenvalue weighted by molar-refractivity contribution is 5.74. The number of urea groups is 1. The van der Waals surface area contributed by atoms with Gasteiger partial charge in [-0.3, -0.25) is 0 Å². The van der Waals surface area contributed by atoms with E-state index in [-0.39, 0.29) is 17.5 Å². The number of hydrogen-bond donors (Lipinski definition) is 3. The summed E-state index contributed by atoms with van der Waals surface area (Å²) in [7, 11) is 0. The molecule has 2 rings (SSSR count). The second kappa shape index (κ2) is 6.94. The molecule has 21 heavy (non-hydrogen) atoms. The number of hydrogen-bond acceptors (Lipinski definition) is 2. The molecule has 0 spiro atoms. The Bertz CT molecular complexity index is 459. The van der Waals surface area contributed by atoms with Gasteiger partial charge in [-0.05, 0) is 18.4 Å². The highest BCUT2D eigenvalue weighted by Crippen LogP contribution is 2.22. The lowest BCUT2D eigenvalue weighted by molar-refractivity contribution is 0.0942. The van der Waals surface area contributed by atoms with Gasteiger partial charge >= 0.3 is 6.03 Å². The Hall–Kier alpha value is -1.55. The molecular formula is C17H26N2O2. The van der Waals surface area contributed by atoms with Crippen molar-refractivity contribution in [2.75, 3.05) is 6.54 Å². The molecule has 0 saturated heterocycles. The first-order valence-electron chi connectivity index (χ1n) is 7.77. The van der Waals surface area contributed by atoms with Gasteiger partial charge < -0.3 is 15.7 Å². The molecule has 1 fully saturated rings. The quantitative estimate of drug-likeness (QED) is 0.798. The van der Waals surface area contributed by atoms with Crippen LogP contribution < -0.4 is 10.6 Å². The van der Waals surface area contributed by atoms with E-state index in [1.54, 1.807) is 0 Å². The zero-order valence-corrected chi connectivity index (χ0v) is 12.9. The van der Waals surface area contributed by atoms with Gasteiger partial charge in [-0.1, -0.05) is 57.0 Å². The summed E-state index contributed by atoms with van der Waals surface area (Å²) in [6.45, 7) is 4.78. The van der Waals surface area contributed by atoms with Crippen LogP contribution in [0.4, 0.5) is 4.79 Å². The van der Waals surface area contributed by atoms with Crippen molar-refractivity contribution >= 4 is 6.03 Å². The smallest absolute Gasteiger partial charge is 0.315 e. The van der Waals surface area contributed by atoms with Crippen LogP contribution in [0.3, 0.4) is 0 Å². The van der Waals surface area contributed by atoms with Crippen molar-refractivity contribution in [3.05, 3.63) is 35.9 Å². The Kier molecular flexibility index (Phi) is 5.23. The van der Waals surface area contributed by atoms with E-state index < -0.39 is 6.10 Å². The summed E-state index contributed by atoms with van der Waals surface area (Å²) in [4.78, 5) is 12.0. The third-order valence-electron chi connectivity index (χ3n) is 4.29. The van der Waals surface area contributed by atoms with Gasteiger partial charge in [0.25, 0.3) is 0 Å². The molecule has 1 aromatic carbocycles. The van der Waals surface area contributed by atoms with Crippen molar-refractivity contribution in [1.29, 1.82) is 0 Å². The number of aliphatic hydroxyl groups is 1. The second-order valence-electron chi connectivity index (χ2n) is 6.54. The number of nitrogens with one attached hydrogen (secondary N) is 2. The van der Waals surface area contributed by atoms with Crippen LogP contribution in [0.25, 0.3) is 0 Å². The summed E-state index contributed by atoms with van der Waals surface area (Å²) >= 11 is 0. The molecule has 4 heteroatoms. The third kappa shape index (κ3) is 4.46. The lowest BCUT2D eigenvalue weighted by atomic mass is 9.85. The maximum absolute atomic E-state index is 12.0. The Morgan fingerprint density at radius 1 is 1.24 bits per heavy atom. The minimum atomic E-state index is -0.411. The van der Waals surface area contributed by atoms with E-state index in [2.05, 4.69) is 36.6 Å². The van der Waals surface area contributed by atoms with Crippen molar-refractivity contribution in [1.82, 2.24) is 10.6 Å². The number of rotatable bonds is 4. The molecule has 0 aliphatic heterocycles. The zero-order valence-electron chi connectivity index (χ0n) is 12.9. The molecule has 1 aliphatic rings. The predicted molar refractivity (Wildman–Crippen MR) is 84.3 cm³/mol. The van der Waals surface area contributed by atoms with Gasteiger partial charge in [0.15, 0.2) is 0 Å². The molecule has 0 aromatic heterocycles. The van der Waals surface area contributed by atoms with Crippen LogP contribution in [0.2, 0.25) is 0 Å². The molecule has 0 bridgehead atoms. The summed E-state index contributed by atoms with van der Waals surface area (Å²) in [6.07, 6.45) is 3.34. The van der Waals surface area contributed by atoms with Gasteiger partial charge in [-0.25, -0.2) is 4.79 Å². The number of aliphatic hydroxyl groups excluding tert-OH is 1. The molecule has 2 atom stereocenters. The fourth-order valence-corrected chi connectivity index (χ4v) is 2.79. The fraction of sp³-hybridized carbons (Fsp3) is 0.588. The molecule has 2 unspecified atom stereocenters. The number of carbonyl (C=O) groups is 1. The fourth-order valence-electron chi connectivity index (χ4n) is 2.79. The minimum absolute atomic E-state index is 0.112. The van der Waals surface area contributed by atoms with E-state index in [0.717, 1.165) is 25.7 Å². The first-order valence-corrected chi connectivity index (χ1v) is 7.77. The summed E-state index contributed by atoms with van der Waals surface area (Å²) in [5, 5.41) is 15.7. The van der Waals surface area contributed by atoms with Crippen LogP contribution in [0, 0.1) is 0 Å². The molecular weight excluding hydrogens is 264 g/mol. The van der Waals surface area contributed by atoms with Crippen LogP contribution in [0.15, 0.2) is 30.3 Å². The Balaban J connectivity index is 1.83. The van der Waals surface area contributed by atoms with E-state index in [1.165, 1.54) is 5.56 Å². The Labute approximate surface area is 126 Å². The monoisotopic (exact) mass is 290 g/mol. The topological polar surface area (TPSA) is 61.4 Å². The number of benzene rings is 1. The predicted octanol–water partition coefficient (Wildman–Crippen LogP) is 2.57. The molecule has 1 aromatic rings. The maximum atomic E-state index is 12.0. The van der Waals surface area contributed by atoms with Crippen LogP contribution in [-0.4, -0.2) is 29.8 Å². The second-order valence-corrected chi connectivity index (χ2v) is 6.54. The lowest BCUT2D eigenvalue weighted by Gasteiger charge is -2.30. The van der Waals surface area contributed by atoms with Gasteiger partial charge in [-0.15, -0.1) is 0 Å². The van der Waals surface area contributed by atoms with Crippen molar-refractivity contribution in [3.8, 4) is 0 Å².